The molecule has 0 radical (unpaired) electrons. The highest BCUT2D eigenvalue weighted by molar-refractivity contribution is 6.24. The van der Waals surface area contributed by atoms with Crippen molar-refractivity contribution in [2.45, 2.75) is 12.8 Å². The summed E-state index contributed by atoms with van der Waals surface area (Å²) in [5, 5.41) is 8.01. The van der Waals surface area contributed by atoms with Crippen LogP contribution in [0.3, 0.4) is 0 Å². The van der Waals surface area contributed by atoms with Crippen molar-refractivity contribution >= 4 is 82.5 Å². The maximum absolute atomic E-state index is 6.99. The summed E-state index contributed by atoms with van der Waals surface area (Å²) in [4.78, 5) is 11.2. The monoisotopic (exact) mass is 1050 g/mol. The summed E-state index contributed by atoms with van der Waals surface area (Å²) >= 11 is 0. The van der Waals surface area contributed by atoms with Crippen LogP contribution >= 0.6 is 0 Å². The summed E-state index contributed by atoms with van der Waals surface area (Å²) in [5.74, 6) is 0.626. The van der Waals surface area contributed by atoms with Gasteiger partial charge in [-0.25, -0.2) is 9.97 Å². The number of aromatic nitrogens is 5. The van der Waals surface area contributed by atoms with E-state index in [1.54, 1.807) is 0 Å². The van der Waals surface area contributed by atoms with Crippen molar-refractivity contribution in [2.24, 2.45) is 0 Å². The molecule has 5 aromatic heterocycles. The van der Waals surface area contributed by atoms with E-state index in [4.69, 9.17) is 14.4 Å². The van der Waals surface area contributed by atoms with E-state index in [0.29, 0.717) is 5.82 Å². The van der Waals surface area contributed by atoms with Gasteiger partial charge in [0, 0.05) is 82.5 Å². The molecule has 0 saturated heterocycles. The van der Waals surface area contributed by atoms with E-state index in [2.05, 4.69) is 287 Å². The van der Waals surface area contributed by atoms with Crippen LogP contribution in [0, 0.1) is 0 Å². The zero-order chi connectivity index (χ0) is 53.8. The minimum Gasteiger partial charge on any atom is -0.455 e. The average Bonchev–Trinajstić information content (AvgIpc) is 2.54. The predicted octanol–water partition coefficient (Wildman–Crippen LogP) is 19.8. The minimum absolute atomic E-state index is 0.626. The zero-order valence-corrected chi connectivity index (χ0v) is 44.5. The molecule has 0 amide bonds. The van der Waals surface area contributed by atoms with Crippen LogP contribution in [-0.4, -0.2) is 23.7 Å². The van der Waals surface area contributed by atoms with Gasteiger partial charge in [-0.05, 0) is 85.6 Å². The van der Waals surface area contributed by atoms with E-state index >= 15 is 0 Å². The van der Waals surface area contributed by atoms with Crippen molar-refractivity contribution in [3.05, 3.63) is 278 Å². The van der Waals surface area contributed by atoms with E-state index in [-0.39, 0.29) is 0 Å². The Balaban J connectivity index is 1.07. The molecule has 0 saturated carbocycles. The Bertz CT molecular complexity index is 5170. The standard InChI is InChI=1S/C76H49N5O/c1-3-23-48(24-4-1)62-47-63(49-25-5-2-6-26-49)78-76(77-62)50-45-60(55-31-11-19-39-68(55)79-64-35-15-7-27-51(64)52-28-8-16-36-65(52)79)74(81-70-41-21-13-34-59(70)73-71(81)44-43-58-57-33-14-22-42-72(57)82-75(58)73)61(46-50)56-32-12-20-40-69(56)80-66-37-17-9-29-53(66)54-30-10-18-38-67(54)80/h1-17,19-37,39-47H,18,38H2. The number of benzene rings is 11. The van der Waals surface area contributed by atoms with Crippen LogP contribution in [0.15, 0.2) is 271 Å². The fourth-order valence-corrected chi connectivity index (χ4v) is 13.4. The number of para-hydroxylation sites is 7. The molecule has 0 aliphatic heterocycles. The maximum atomic E-state index is 6.99. The number of nitrogens with zero attached hydrogens (tertiary/aromatic N) is 5. The molecule has 384 valence electrons. The molecule has 0 fully saturated rings. The molecule has 1 aliphatic rings. The lowest BCUT2D eigenvalue weighted by Gasteiger charge is -2.25. The summed E-state index contributed by atoms with van der Waals surface area (Å²) in [6.45, 7) is 0. The molecule has 1 aliphatic carbocycles. The molecule has 0 spiro atoms. The maximum Gasteiger partial charge on any atom is 0.160 e. The van der Waals surface area contributed by atoms with Gasteiger partial charge in [0.2, 0.25) is 0 Å². The molecule has 0 atom stereocenters. The first-order valence-corrected chi connectivity index (χ1v) is 28.2. The fraction of sp³-hybridized carbons (Fsp3) is 0.0263. The van der Waals surface area contributed by atoms with Crippen molar-refractivity contribution in [1.29, 1.82) is 0 Å². The van der Waals surface area contributed by atoms with E-state index in [9.17, 15) is 0 Å². The van der Waals surface area contributed by atoms with Crippen LogP contribution in [0.1, 0.15) is 17.7 Å². The van der Waals surface area contributed by atoms with Crippen LogP contribution in [0.4, 0.5) is 0 Å². The Kier molecular flexibility index (Phi) is 10.3. The summed E-state index contributed by atoms with van der Waals surface area (Å²) in [5.41, 5.74) is 21.8. The molecule has 5 heterocycles. The first-order chi connectivity index (χ1) is 40.7. The number of furan rings is 1. The lowest BCUT2D eigenvalue weighted by Crippen LogP contribution is -2.08. The van der Waals surface area contributed by atoms with E-state index in [1.807, 2.05) is 0 Å². The average molecular weight is 1050 g/mol. The van der Waals surface area contributed by atoms with Crippen molar-refractivity contribution in [3.63, 3.8) is 0 Å². The largest absolute Gasteiger partial charge is 0.455 e. The third-order valence-corrected chi connectivity index (χ3v) is 16.9. The summed E-state index contributed by atoms with van der Waals surface area (Å²) in [6, 6.07) is 94.1. The quantitative estimate of drug-likeness (QED) is 0.152. The smallest absolute Gasteiger partial charge is 0.160 e. The van der Waals surface area contributed by atoms with E-state index in [0.717, 1.165) is 135 Å². The molecule has 0 N–H and O–H groups in total. The lowest BCUT2D eigenvalue weighted by atomic mass is 9.90. The second-order valence-corrected chi connectivity index (χ2v) is 21.5. The molecule has 6 heteroatoms. The Hall–Kier alpha value is -10.8. The first kappa shape index (κ1) is 46.1. The highest BCUT2D eigenvalue weighted by Gasteiger charge is 2.29. The van der Waals surface area contributed by atoms with E-state index < -0.39 is 0 Å². The van der Waals surface area contributed by atoms with Crippen LogP contribution < -0.4 is 0 Å². The molecular weight excluding hydrogens is 999 g/mol. The Morgan fingerprint density at radius 3 is 1.49 bits per heavy atom. The lowest BCUT2D eigenvalue weighted by molar-refractivity contribution is 0.673. The normalized spacial score (nSPS) is 12.5. The molecule has 6 nitrogen and oxygen atoms in total. The molecule has 17 rings (SSSR count). The van der Waals surface area contributed by atoms with Crippen molar-refractivity contribution < 1.29 is 4.42 Å². The summed E-state index contributed by atoms with van der Waals surface area (Å²) in [6.07, 6.45) is 6.53. The van der Waals surface area contributed by atoms with Crippen molar-refractivity contribution in [2.75, 3.05) is 0 Å². The van der Waals surface area contributed by atoms with Gasteiger partial charge in [0.25, 0.3) is 0 Å². The van der Waals surface area contributed by atoms with Crippen LogP contribution in [0.2, 0.25) is 0 Å². The summed E-state index contributed by atoms with van der Waals surface area (Å²) < 4.78 is 14.5. The number of hydrogen-bond acceptors (Lipinski definition) is 3. The molecule has 0 unspecified atom stereocenters. The predicted molar refractivity (Wildman–Crippen MR) is 339 cm³/mol. The molecule has 82 heavy (non-hydrogen) atoms. The van der Waals surface area contributed by atoms with Gasteiger partial charge >= 0.3 is 0 Å². The van der Waals surface area contributed by atoms with Crippen molar-refractivity contribution in [1.82, 2.24) is 23.7 Å². The number of allylic oxidation sites excluding steroid dienone is 1. The third-order valence-electron chi connectivity index (χ3n) is 16.9. The van der Waals surface area contributed by atoms with Gasteiger partial charge in [-0.15, -0.1) is 0 Å². The van der Waals surface area contributed by atoms with Gasteiger partial charge in [0.1, 0.15) is 11.2 Å². The van der Waals surface area contributed by atoms with Gasteiger partial charge in [-0.2, -0.15) is 0 Å². The highest BCUT2D eigenvalue weighted by Crippen LogP contribution is 2.50. The van der Waals surface area contributed by atoms with Crippen LogP contribution in [-0.2, 0) is 6.42 Å². The van der Waals surface area contributed by atoms with Gasteiger partial charge < -0.3 is 18.1 Å². The number of fused-ring (bicyclic) bond motifs is 13. The second-order valence-electron chi connectivity index (χ2n) is 21.5. The molecular formula is C76H49N5O. The summed E-state index contributed by atoms with van der Waals surface area (Å²) in [7, 11) is 0. The minimum atomic E-state index is 0.626. The van der Waals surface area contributed by atoms with Crippen molar-refractivity contribution in [3.8, 4) is 73.2 Å². The van der Waals surface area contributed by atoms with Gasteiger partial charge in [-0.3, -0.25) is 0 Å². The Morgan fingerprint density at radius 1 is 0.354 bits per heavy atom. The molecule has 16 aromatic rings. The molecule has 0 bridgehead atoms. The SMILES string of the molecule is C1=Cc2c(n(-c3ccccc3-c3cc(-c4nc(-c5ccccc5)cc(-c5ccccc5)n4)cc(-c4ccccc4-n4c5ccccc5c5ccccc54)c3-n3c4ccccc4c4c5oc6ccccc6c5ccc43)c3ccccc23)CC1. The van der Waals surface area contributed by atoms with Gasteiger partial charge in [0.15, 0.2) is 5.82 Å². The highest BCUT2D eigenvalue weighted by atomic mass is 16.3. The second kappa shape index (κ2) is 18.4. The van der Waals surface area contributed by atoms with Crippen LogP contribution in [0.5, 0.6) is 0 Å². The topological polar surface area (TPSA) is 53.7 Å². The first-order valence-electron chi connectivity index (χ1n) is 28.2. The fourth-order valence-electron chi connectivity index (χ4n) is 13.4. The van der Waals surface area contributed by atoms with Gasteiger partial charge in [-0.1, -0.05) is 200 Å². The third kappa shape index (κ3) is 7.01. The van der Waals surface area contributed by atoms with E-state index in [1.165, 1.54) is 32.9 Å². The van der Waals surface area contributed by atoms with Crippen LogP contribution in [0.25, 0.3) is 156 Å². The molecule has 11 aromatic carbocycles. The number of hydrogen-bond donors (Lipinski definition) is 0. The Morgan fingerprint density at radius 2 is 0.854 bits per heavy atom. The Labute approximate surface area is 472 Å². The zero-order valence-electron chi connectivity index (χ0n) is 44.5. The van der Waals surface area contributed by atoms with Gasteiger partial charge in [0.05, 0.1) is 61.4 Å². The number of rotatable bonds is 8.